The molecule has 102 valence electrons. The van der Waals surface area contributed by atoms with Gasteiger partial charge < -0.3 is 9.64 Å². The van der Waals surface area contributed by atoms with Gasteiger partial charge in [0.15, 0.2) is 6.10 Å². The molecule has 1 amide bonds. The summed E-state index contributed by atoms with van der Waals surface area (Å²) in [7, 11) is 1.71. The van der Waals surface area contributed by atoms with Gasteiger partial charge in [0.1, 0.15) is 5.75 Å². The summed E-state index contributed by atoms with van der Waals surface area (Å²) >= 11 is 1.41. The van der Waals surface area contributed by atoms with Crippen molar-refractivity contribution < 1.29 is 14.3 Å². The number of hydrogen-bond donors (Lipinski definition) is 0. The first-order chi connectivity index (χ1) is 9.58. The Balaban J connectivity index is 2.00. The summed E-state index contributed by atoms with van der Waals surface area (Å²) in [5.74, 6) is 0.454. The highest BCUT2D eigenvalue weighted by Crippen LogP contribution is 2.34. The van der Waals surface area contributed by atoms with Crippen molar-refractivity contribution in [2.45, 2.75) is 13.0 Å². The summed E-state index contributed by atoms with van der Waals surface area (Å²) in [6.07, 6.45) is -0.528. The average molecular weight is 287 g/mol. The third-order valence-electron chi connectivity index (χ3n) is 3.31. The molecule has 3 rings (SSSR count). The molecule has 1 unspecified atom stereocenters. The predicted octanol–water partition coefficient (Wildman–Crippen LogP) is 2.72. The molecule has 0 radical (unpaired) electrons. The molecule has 0 bridgehead atoms. The van der Waals surface area contributed by atoms with Crippen LogP contribution in [0.25, 0.3) is 0 Å². The van der Waals surface area contributed by atoms with Gasteiger partial charge in [-0.05, 0) is 36.6 Å². The van der Waals surface area contributed by atoms with Gasteiger partial charge >= 0.3 is 0 Å². The molecule has 5 heteroatoms. The second-order valence-electron chi connectivity index (χ2n) is 4.65. The predicted molar refractivity (Wildman–Crippen MR) is 77.7 cm³/mol. The Kier molecular flexibility index (Phi) is 3.06. The zero-order valence-electron chi connectivity index (χ0n) is 11.1. The first-order valence-corrected chi connectivity index (χ1v) is 7.12. The zero-order chi connectivity index (χ0) is 14.3. The third kappa shape index (κ3) is 2.00. The fourth-order valence-corrected chi connectivity index (χ4v) is 2.89. The molecule has 1 aromatic carbocycles. The minimum absolute atomic E-state index is 0.0291. The summed E-state index contributed by atoms with van der Waals surface area (Å²) in [4.78, 5) is 26.4. The molecule has 2 heterocycles. The fourth-order valence-electron chi connectivity index (χ4n) is 2.21. The van der Waals surface area contributed by atoms with Crippen LogP contribution < -0.4 is 9.64 Å². The molecule has 20 heavy (non-hydrogen) atoms. The number of benzene rings is 1. The molecule has 1 aliphatic heterocycles. The number of likely N-dealkylation sites (N-methyl/N-ethyl adjacent to an activating group) is 1. The van der Waals surface area contributed by atoms with E-state index in [4.69, 9.17) is 4.74 Å². The second kappa shape index (κ2) is 4.76. The van der Waals surface area contributed by atoms with E-state index in [0.29, 0.717) is 21.9 Å². The Labute approximate surface area is 120 Å². The van der Waals surface area contributed by atoms with Crippen LogP contribution in [0.1, 0.15) is 22.2 Å². The first-order valence-electron chi connectivity index (χ1n) is 6.24. The van der Waals surface area contributed by atoms with E-state index in [9.17, 15) is 9.59 Å². The molecular formula is C15H13NO3S. The van der Waals surface area contributed by atoms with E-state index in [1.165, 1.54) is 11.3 Å². The largest absolute Gasteiger partial charge is 0.479 e. The molecule has 0 spiro atoms. The normalized spacial score (nSPS) is 17.6. The van der Waals surface area contributed by atoms with Crippen molar-refractivity contribution in [3.8, 4) is 5.75 Å². The third-order valence-corrected chi connectivity index (χ3v) is 4.18. The number of fused-ring (bicyclic) bond motifs is 1. The van der Waals surface area contributed by atoms with Gasteiger partial charge in [-0.1, -0.05) is 6.07 Å². The Morgan fingerprint density at radius 3 is 2.85 bits per heavy atom. The van der Waals surface area contributed by atoms with E-state index in [0.717, 1.165) is 0 Å². The van der Waals surface area contributed by atoms with Crippen molar-refractivity contribution in [1.29, 1.82) is 0 Å². The number of hydrogen-bond acceptors (Lipinski definition) is 4. The minimum atomic E-state index is -0.528. The highest BCUT2D eigenvalue weighted by Gasteiger charge is 2.29. The molecule has 1 atom stereocenters. The number of thiophene rings is 1. The molecule has 0 fully saturated rings. The van der Waals surface area contributed by atoms with E-state index in [-0.39, 0.29) is 11.7 Å². The molecule has 0 aliphatic carbocycles. The number of rotatable bonds is 2. The monoisotopic (exact) mass is 287 g/mol. The van der Waals surface area contributed by atoms with Crippen molar-refractivity contribution in [1.82, 2.24) is 0 Å². The van der Waals surface area contributed by atoms with Crippen LogP contribution in [-0.4, -0.2) is 24.8 Å². The number of anilines is 1. The lowest BCUT2D eigenvalue weighted by Gasteiger charge is -2.30. The lowest BCUT2D eigenvalue weighted by atomic mass is 10.1. The van der Waals surface area contributed by atoms with E-state index < -0.39 is 6.10 Å². The topological polar surface area (TPSA) is 46.6 Å². The Bertz CT molecular complexity index is 678. The number of nitrogens with zero attached hydrogens (tertiary/aromatic N) is 1. The van der Waals surface area contributed by atoms with Crippen LogP contribution in [-0.2, 0) is 4.79 Å². The lowest BCUT2D eigenvalue weighted by molar-refractivity contribution is -0.125. The number of carbonyl (C=O) groups is 2. The van der Waals surface area contributed by atoms with Crippen LogP contribution in [0.2, 0.25) is 0 Å². The van der Waals surface area contributed by atoms with Crippen molar-refractivity contribution in [3.63, 3.8) is 0 Å². The summed E-state index contributed by atoms with van der Waals surface area (Å²) in [6.45, 7) is 1.70. The molecule has 4 nitrogen and oxygen atoms in total. The van der Waals surface area contributed by atoms with Gasteiger partial charge in [0.2, 0.25) is 5.78 Å². The molecule has 1 aliphatic rings. The Morgan fingerprint density at radius 2 is 2.15 bits per heavy atom. The van der Waals surface area contributed by atoms with E-state index in [1.807, 2.05) is 11.4 Å². The van der Waals surface area contributed by atoms with Crippen molar-refractivity contribution in [3.05, 3.63) is 46.2 Å². The highest BCUT2D eigenvalue weighted by molar-refractivity contribution is 7.12. The van der Waals surface area contributed by atoms with Crippen LogP contribution in [0, 0.1) is 0 Å². The number of ether oxygens (including phenoxy) is 1. The SMILES string of the molecule is CC1Oc2cc(C(=O)c3cccs3)ccc2N(C)C1=O. The maximum atomic E-state index is 12.3. The Hall–Kier alpha value is -2.14. The van der Waals surface area contributed by atoms with Gasteiger partial charge in [-0.25, -0.2) is 0 Å². The van der Waals surface area contributed by atoms with E-state index >= 15 is 0 Å². The minimum Gasteiger partial charge on any atom is -0.479 e. The molecule has 0 N–H and O–H groups in total. The van der Waals surface area contributed by atoms with Crippen LogP contribution in [0.3, 0.4) is 0 Å². The highest BCUT2D eigenvalue weighted by atomic mass is 32.1. The van der Waals surface area contributed by atoms with Crippen molar-refractivity contribution in [2.75, 3.05) is 11.9 Å². The molecular weight excluding hydrogens is 274 g/mol. The van der Waals surface area contributed by atoms with Gasteiger partial charge in [0, 0.05) is 12.6 Å². The summed E-state index contributed by atoms with van der Waals surface area (Å²) in [5, 5.41) is 1.87. The van der Waals surface area contributed by atoms with Crippen molar-refractivity contribution in [2.24, 2.45) is 0 Å². The maximum Gasteiger partial charge on any atom is 0.267 e. The molecule has 2 aromatic rings. The van der Waals surface area contributed by atoms with Gasteiger partial charge in [-0.3, -0.25) is 9.59 Å². The van der Waals surface area contributed by atoms with Crippen LogP contribution in [0.15, 0.2) is 35.7 Å². The Morgan fingerprint density at radius 1 is 1.35 bits per heavy atom. The fraction of sp³-hybridized carbons (Fsp3) is 0.200. The number of carbonyl (C=O) groups excluding carboxylic acids is 2. The molecule has 0 saturated heterocycles. The zero-order valence-corrected chi connectivity index (χ0v) is 11.9. The second-order valence-corrected chi connectivity index (χ2v) is 5.59. The average Bonchev–Trinajstić information content (AvgIpc) is 2.97. The summed E-state index contributed by atoms with van der Waals surface area (Å²) in [5.41, 5.74) is 1.26. The van der Waals surface area contributed by atoms with Crippen LogP contribution >= 0.6 is 11.3 Å². The lowest BCUT2D eigenvalue weighted by Crippen LogP contribution is -2.42. The van der Waals surface area contributed by atoms with Gasteiger partial charge in [0.05, 0.1) is 10.6 Å². The summed E-state index contributed by atoms with van der Waals surface area (Å²) < 4.78 is 5.58. The maximum absolute atomic E-state index is 12.3. The number of ketones is 1. The summed E-state index contributed by atoms with van der Waals surface area (Å²) in [6, 6.07) is 8.83. The van der Waals surface area contributed by atoms with Gasteiger partial charge in [-0.15, -0.1) is 11.3 Å². The van der Waals surface area contributed by atoms with Crippen LogP contribution in [0.4, 0.5) is 5.69 Å². The smallest absolute Gasteiger partial charge is 0.267 e. The quantitative estimate of drug-likeness (QED) is 0.798. The van der Waals surface area contributed by atoms with Gasteiger partial charge in [-0.2, -0.15) is 0 Å². The van der Waals surface area contributed by atoms with E-state index in [1.54, 1.807) is 43.1 Å². The van der Waals surface area contributed by atoms with Crippen molar-refractivity contribution >= 4 is 28.7 Å². The van der Waals surface area contributed by atoms with Gasteiger partial charge in [0.25, 0.3) is 5.91 Å². The first kappa shape index (κ1) is 12.9. The van der Waals surface area contributed by atoms with Crippen LogP contribution in [0.5, 0.6) is 5.75 Å². The number of amides is 1. The molecule has 0 saturated carbocycles. The van der Waals surface area contributed by atoms with E-state index in [2.05, 4.69) is 0 Å². The standard InChI is InChI=1S/C15H13NO3S/c1-9-15(18)16(2)11-6-5-10(8-12(11)19-9)14(17)13-4-3-7-20-13/h3-9H,1-2H3. The molecule has 1 aromatic heterocycles.